The Morgan fingerprint density at radius 2 is 1.52 bits per heavy atom. The fourth-order valence-corrected chi connectivity index (χ4v) is 4.57. The number of aromatic nitrogens is 1. The van der Waals surface area contributed by atoms with E-state index in [1.54, 1.807) is 24.3 Å². The van der Waals surface area contributed by atoms with Crippen LogP contribution in [0.5, 0.6) is 0 Å². The van der Waals surface area contributed by atoms with Crippen LogP contribution in [0.15, 0.2) is 71.6 Å². The van der Waals surface area contributed by atoms with Crippen LogP contribution in [0.25, 0.3) is 0 Å². The van der Waals surface area contributed by atoms with E-state index < -0.39 is 21.5 Å². The quantitative estimate of drug-likeness (QED) is 0.530. The van der Waals surface area contributed by atoms with Crippen molar-refractivity contribution in [3.8, 4) is 0 Å². The minimum absolute atomic E-state index is 0.0896. The maximum absolute atomic E-state index is 13.0. The molecule has 1 heterocycles. The van der Waals surface area contributed by atoms with Crippen molar-refractivity contribution in [1.82, 2.24) is 4.57 Å². The first-order valence-corrected chi connectivity index (χ1v) is 12.0. The van der Waals surface area contributed by atoms with E-state index in [9.17, 15) is 13.2 Å². The Hall–Kier alpha value is -2.86. The highest BCUT2D eigenvalue weighted by molar-refractivity contribution is 7.91. The molecule has 0 radical (unpaired) electrons. The highest BCUT2D eigenvalue weighted by Crippen LogP contribution is 2.20. The average Bonchev–Trinajstić information content (AvgIpc) is 3.09. The summed E-state index contributed by atoms with van der Waals surface area (Å²) in [6.07, 6.45) is 0.265. The summed E-state index contributed by atoms with van der Waals surface area (Å²) >= 11 is 0. The molecule has 0 aliphatic rings. The molecule has 0 aliphatic heterocycles. The molecule has 0 saturated heterocycles. The number of rotatable bonds is 6. The molecule has 3 rings (SSSR count). The number of carbonyl (C=O) groups is 1. The van der Waals surface area contributed by atoms with Gasteiger partial charge in [0.15, 0.2) is 9.84 Å². The lowest BCUT2D eigenvalue weighted by Gasteiger charge is -2.22. The summed E-state index contributed by atoms with van der Waals surface area (Å²) in [5, 5.41) is 0. The number of sulfone groups is 1. The van der Waals surface area contributed by atoms with Gasteiger partial charge < -0.3 is 4.74 Å². The van der Waals surface area contributed by atoms with E-state index in [0.717, 1.165) is 16.8 Å². The summed E-state index contributed by atoms with van der Waals surface area (Å²) in [6, 6.07) is 20.3. The molecule has 0 N–H and O–H groups in total. The van der Waals surface area contributed by atoms with Crippen molar-refractivity contribution in [3.63, 3.8) is 0 Å². The van der Waals surface area contributed by atoms with Gasteiger partial charge in [0.1, 0.15) is 5.60 Å². The molecule has 0 aliphatic carbocycles. The van der Waals surface area contributed by atoms with Crippen LogP contribution in [-0.2, 0) is 27.4 Å². The van der Waals surface area contributed by atoms with Crippen molar-refractivity contribution in [2.75, 3.05) is 5.75 Å². The van der Waals surface area contributed by atoms with Crippen molar-refractivity contribution in [2.45, 2.75) is 51.0 Å². The Labute approximate surface area is 184 Å². The lowest BCUT2D eigenvalue weighted by molar-refractivity contribution is 0.0529. The fourth-order valence-electron chi connectivity index (χ4n) is 3.31. The van der Waals surface area contributed by atoms with Crippen LogP contribution < -0.4 is 0 Å². The summed E-state index contributed by atoms with van der Waals surface area (Å²) in [4.78, 5) is 13.3. The van der Waals surface area contributed by atoms with E-state index in [-0.39, 0.29) is 17.1 Å². The third-order valence-corrected chi connectivity index (χ3v) is 6.59. The van der Waals surface area contributed by atoms with Gasteiger partial charge in [-0.25, -0.2) is 13.2 Å². The van der Waals surface area contributed by atoms with Gasteiger partial charge in [0.05, 0.1) is 10.6 Å². The molecule has 0 bridgehead atoms. The van der Waals surface area contributed by atoms with Gasteiger partial charge >= 0.3 is 6.09 Å². The number of ether oxygens (including phenoxy) is 1. The van der Waals surface area contributed by atoms with Gasteiger partial charge in [-0.1, -0.05) is 48.0 Å². The Kier molecular flexibility index (Phi) is 6.70. The van der Waals surface area contributed by atoms with Gasteiger partial charge in [-0.3, -0.25) is 4.57 Å². The molecule has 0 unspecified atom stereocenters. The minimum Gasteiger partial charge on any atom is -0.443 e. The third kappa shape index (κ3) is 6.07. The fraction of sp³-hybridized carbons (Fsp3) is 0.320. The van der Waals surface area contributed by atoms with Crippen LogP contribution in [0.3, 0.4) is 0 Å². The zero-order chi connectivity index (χ0) is 22.6. The van der Waals surface area contributed by atoms with Crippen LogP contribution in [0, 0.1) is 6.92 Å². The third-order valence-electron chi connectivity index (χ3n) is 4.85. The topological polar surface area (TPSA) is 65.4 Å². The Balaban J connectivity index is 1.88. The van der Waals surface area contributed by atoms with Crippen LogP contribution in [0.2, 0.25) is 0 Å². The van der Waals surface area contributed by atoms with E-state index in [0.29, 0.717) is 12.1 Å². The van der Waals surface area contributed by atoms with Gasteiger partial charge in [-0.05, 0) is 57.5 Å². The lowest BCUT2D eigenvalue weighted by Crippen LogP contribution is -2.29. The second-order valence-corrected chi connectivity index (χ2v) is 10.8. The molecule has 164 valence electrons. The van der Waals surface area contributed by atoms with E-state index in [4.69, 9.17) is 4.74 Å². The number of benzene rings is 2. The van der Waals surface area contributed by atoms with Crippen molar-refractivity contribution >= 4 is 15.9 Å². The molecule has 0 fully saturated rings. The largest absolute Gasteiger partial charge is 0.443 e. The normalized spacial score (nSPS) is 12.0. The molecule has 0 saturated carbocycles. The van der Waals surface area contributed by atoms with Crippen LogP contribution in [-0.4, -0.2) is 30.4 Å². The summed E-state index contributed by atoms with van der Waals surface area (Å²) < 4.78 is 32.7. The predicted octanol–water partition coefficient (Wildman–Crippen LogP) is 5.19. The molecule has 3 aromatic rings. The highest BCUT2D eigenvalue weighted by Gasteiger charge is 2.24. The van der Waals surface area contributed by atoms with E-state index in [1.807, 2.05) is 70.2 Å². The zero-order valence-electron chi connectivity index (χ0n) is 18.5. The molecular formula is C25H29NO4S. The average molecular weight is 440 g/mol. The summed E-state index contributed by atoms with van der Waals surface area (Å²) in [6.45, 7) is 7.35. The summed E-state index contributed by atoms with van der Waals surface area (Å²) in [5.41, 5.74) is 2.79. The molecule has 0 atom stereocenters. The van der Waals surface area contributed by atoms with Crippen LogP contribution >= 0.6 is 0 Å². The van der Waals surface area contributed by atoms with Crippen molar-refractivity contribution in [1.29, 1.82) is 0 Å². The Morgan fingerprint density at radius 3 is 2.13 bits per heavy atom. The lowest BCUT2D eigenvalue weighted by atomic mass is 10.1. The van der Waals surface area contributed by atoms with Gasteiger partial charge in [0.2, 0.25) is 0 Å². The molecule has 2 aromatic carbocycles. The molecular weight excluding hydrogens is 410 g/mol. The summed E-state index contributed by atoms with van der Waals surface area (Å²) in [5.74, 6) is -0.0896. The Bertz CT molecular complexity index is 1140. The van der Waals surface area contributed by atoms with Crippen molar-refractivity contribution < 1.29 is 17.9 Å². The maximum atomic E-state index is 13.0. The van der Waals surface area contributed by atoms with Gasteiger partial charge in [0, 0.05) is 24.2 Å². The number of hydrogen-bond acceptors (Lipinski definition) is 4. The maximum Gasteiger partial charge on any atom is 0.418 e. The van der Waals surface area contributed by atoms with Crippen LogP contribution in [0.1, 0.15) is 43.3 Å². The molecule has 1 aromatic heterocycles. The smallest absolute Gasteiger partial charge is 0.418 e. The molecule has 6 heteroatoms. The van der Waals surface area contributed by atoms with Crippen molar-refractivity contribution in [3.05, 3.63) is 89.2 Å². The first-order chi connectivity index (χ1) is 14.5. The second-order valence-electron chi connectivity index (χ2n) is 8.68. The summed E-state index contributed by atoms with van der Waals surface area (Å²) in [7, 11) is -3.47. The standard InChI is InChI=1S/C25H29NO4S/c1-19-10-14-23(15-11-19)31(28,29)17-16-21-12-13-22(18-20-8-6-5-7-9-20)26(21)24(27)30-25(2,3)4/h5-15H,16-18H2,1-4H3. The van der Waals surface area contributed by atoms with Crippen molar-refractivity contribution in [2.24, 2.45) is 0 Å². The number of carbonyl (C=O) groups excluding carboxylic acids is 1. The zero-order valence-corrected chi connectivity index (χ0v) is 19.3. The van der Waals surface area contributed by atoms with E-state index >= 15 is 0 Å². The SMILES string of the molecule is Cc1ccc(S(=O)(=O)CCc2ccc(Cc3ccccc3)n2C(=O)OC(C)(C)C)cc1. The molecule has 0 spiro atoms. The van der Waals surface area contributed by atoms with Gasteiger partial charge in [0.25, 0.3) is 0 Å². The highest BCUT2D eigenvalue weighted by atomic mass is 32.2. The first kappa shape index (κ1) is 22.8. The minimum atomic E-state index is -3.47. The Morgan fingerprint density at radius 1 is 0.903 bits per heavy atom. The molecule has 31 heavy (non-hydrogen) atoms. The monoisotopic (exact) mass is 439 g/mol. The number of nitrogens with zero attached hydrogens (tertiary/aromatic N) is 1. The van der Waals surface area contributed by atoms with Crippen LogP contribution in [0.4, 0.5) is 4.79 Å². The van der Waals surface area contributed by atoms with Gasteiger partial charge in [-0.2, -0.15) is 0 Å². The van der Waals surface area contributed by atoms with E-state index in [2.05, 4.69) is 0 Å². The van der Waals surface area contributed by atoms with Gasteiger partial charge in [-0.15, -0.1) is 0 Å². The predicted molar refractivity (Wildman–Crippen MR) is 122 cm³/mol. The number of hydrogen-bond donors (Lipinski definition) is 0. The number of aryl methyl sites for hydroxylation is 2. The molecule has 0 amide bonds. The second kappa shape index (κ2) is 9.10. The first-order valence-electron chi connectivity index (χ1n) is 10.3. The van der Waals surface area contributed by atoms with E-state index in [1.165, 1.54) is 4.57 Å². The molecule has 5 nitrogen and oxygen atoms in total.